The van der Waals surface area contributed by atoms with Crippen LogP contribution in [0.2, 0.25) is 0 Å². The lowest BCUT2D eigenvalue weighted by Gasteiger charge is -2.34. The Labute approximate surface area is 218 Å². The highest BCUT2D eigenvalue weighted by Crippen LogP contribution is 2.32. The van der Waals surface area contributed by atoms with E-state index in [2.05, 4.69) is 0 Å². The number of nitrogens with zero attached hydrogens (tertiary/aromatic N) is 3. The molecule has 2 aliphatic heterocycles. The second-order valence-electron chi connectivity index (χ2n) is 10.1. The zero-order valence-electron chi connectivity index (χ0n) is 20.7. The number of hydrogen-bond acceptors (Lipinski definition) is 4. The Morgan fingerprint density at radius 1 is 0.868 bits per heavy atom. The van der Waals surface area contributed by atoms with Gasteiger partial charge in [0.25, 0.3) is 11.6 Å². The normalized spacial score (nSPS) is 18.8. The van der Waals surface area contributed by atoms with Gasteiger partial charge in [-0.25, -0.2) is 8.78 Å². The number of carbonyl (C=O) groups excluding carboxylic acids is 2. The van der Waals surface area contributed by atoms with E-state index in [1.54, 1.807) is 17.0 Å². The summed E-state index contributed by atoms with van der Waals surface area (Å²) >= 11 is 0. The van der Waals surface area contributed by atoms with Crippen molar-refractivity contribution in [2.24, 2.45) is 11.8 Å². The lowest BCUT2D eigenvalue weighted by atomic mass is 9.88. The van der Waals surface area contributed by atoms with Gasteiger partial charge in [0.15, 0.2) is 0 Å². The number of nitro groups is 1. The maximum absolute atomic E-state index is 14.2. The van der Waals surface area contributed by atoms with E-state index in [1.165, 1.54) is 12.1 Å². The Balaban J connectivity index is 1.18. The molecule has 2 amide bonds. The lowest BCUT2D eigenvalue weighted by Crippen LogP contribution is -2.44. The topological polar surface area (TPSA) is 83.8 Å². The molecule has 0 aromatic heterocycles. The SMILES string of the molecule is O=C(Cc1cc([N+](=O)[O-])ccc1F)N1CC[C@@H]2CN(C(=O)c3ccc(Cc4ccc(F)cc4)cc3)C[C@@H]2C1. The van der Waals surface area contributed by atoms with E-state index < -0.39 is 10.7 Å². The molecule has 9 heteroatoms. The van der Waals surface area contributed by atoms with Gasteiger partial charge in [-0.3, -0.25) is 19.7 Å². The number of amides is 2. The van der Waals surface area contributed by atoms with Crippen LogP contribution in [0.15, 0.2) is 66.7 Å². The van der Waals surface area contributed by atoms with Gasteiger partial charge in [0.1, 0.15) is 11.6 Å². The van der Waals surface area contributed by atoms with Crippen LogP contribution in [0.5, 0.6) is 0 Å². The Morgan fingerprint density at radius 2 is 1.50 bits per heavy atom. The molecule has 2 fully saturated rings. The van der Waals surface area contributed by atoms with Gasteiger partial charge in [-0.15, -0.1) is 0 Å². The van der Waals surface area contributed by atoms with Crippen molar-refractivity contribution in [3.05, 3.63) is 111 Å². The van der Waals surface area contributed by atoms with Crippen molar-refractivity contribution in [3.8, 4) is 0 Å². The van der Waals surface area contributed by atoms with Crippen LogP contribution in [0.4, 0.5) is 14.5 Å². The first-order chi connectivity index (χ1) is 18.3. The molecule has 2 saturated heterocycles. The summed E-state index contributed by atoms with van der Waals surface area (Å²) < 4.78 is 27.3. The van der Waals surface area contributed by atoms with E-state index in [4.69, 9.17) is 0 Å². The highest BCUT2D eigenvalue weighted by molar-refractivity contribution is 5.94. The predicted molar refractivity (Wildman–Crippen MR) is 136 cm³/mol. The van der Waals surface area contributed by atoms with Crippen molar-refractivity contribution >= 4 is 17.5 Å². The molecule has 7 nitrogen and oxygen atoms in total. The fraction of sp³-hybridized carbons (Fsp3) is 0.310. The van der Waals surface area contributed by atoms with Crippen molar-refractivity contribution in [1.29, 1.82) is 0 Å². The van der Waals surface area contributed by atoms with Crippen molar-refractivity contribution in [2.75, 3.05) is 26.2 Å². The van der Waals surface area contributed by atoms with E-state index in [0.717, 1.165) is 35.7 Å². The minimum atomic E-state index is -0.639. The van der Waals surface area contributed by atoms with Crippen LogP contribution in [0.3, 0.4) is 0 Å². The molecule has 5 rings (SSSR count). The molecule has 3 aromatic carbocycles. The number of nitro benzene ring substituents is 1. The number of piperidine rings is 1. The summed E-state index contributed by atoms with van der Waals surface area (Å²) in [4.78, 5) is 40.0. The summed E-state index contributed by atoms with van der Waals surface area (Å²) in [7, 11) is 0. The van der Waals surface area contributed by atoms with Crippen LogP contribution in [0.25, 0.3) is 0 Å². The van der Waals surface area contributed by atoms with Gasteiger partial charge < -0.3 is 9.80 Å². The van der Waals surface area contributed by atoms with Crippen molar-refractivity contribution in [3.63, 3.8) is 0 Å². The number of hydrogen-bond donors (Lipinski definition) is 0. The first-order valence-electron chi connectivity index (χ1n) is 12.6. The minimum Gasteiger partial charge on any atom is -0.342 e. The number of halogens is 2. The summed E-state index contributed by atoms with van der Waals surface area (Å²) in [5.41, 5.74) is 2.37. The largest absolute Gasteiger partial charge is 0.342 e. The van der Waals surface area contributed by atoms with Crippen LogP contribution >= 0.6 is 0 Å². The third-order valence-electron chi connectivity index (χ3n) is 7.55. The minimum absolute atomic E-state index is 0.0115. The van der Waals surface area contributed by atoms with Gasteiger partial charge in [-0.2, -0.15) is 0 Å². The van der Waals surface area contributed by atoms with E-state index in [1.807, 2.05) is 29.2 Å². The average Bonchev–Trinajstić information content (AvgIpc) is 3.34. The van der Waals surface area contributed by atoms with E-state index in [9.17, 15) is 28.5 Å². The molecule has 0 radical (unpaired) electrons. The molecular weight excluding hydrogens is 492 g/mol. The standard InChI is InChI=1S/C29H27F2N3O4/c30-25-7-3-20(4-8-25)13-19-1-5-21(6-2-19)29(36)33-16-22-11-12-32(17-24(22)18-33)28(35)15-23-14-26(34(37)38)9-10-27(23)31/h1-10,14,22,24H,11-13,15-18H2/t22-,24+/m1/s1. The molecule has 0 saturated carbocycles. The van der Waals surface area contributed by atoms with E-state index in [-0.39, 0.29) is 47.1 Å². The molecule has 0 unspecified atom stereocenters. The molecule has 0 N–H and O–H groups in total. The predicted octanol–water partition coefficient (Wildman–Crippen LogP) is 4.63. The quantitative estimate of drug-likeness (QED) is 0.351. The first-order valence-corrected chi connectivity index (χ1v) is 12.6. The Hall–Kier alpha value is -4.14. The van der Waals surface area contributed by atoms with Crippen LogP contribution in [-0.4, -0.2) is 52.7 Å². The van der Waals surface area contributed by atoms with Crippen molar-refractivity contribution in [1.82, 2.24) is 9.80 Å². The Bertz CT molecular complexity index is 1360. The fourth-order valence-electron chi connectivity index (χ4n) is 5.43. The highest BCUT2D eigenvalue weighted by atomic mass is 19.1. The van der Waals surface area contributed by atoms with Crippen LogP contribution in [0, 0.1) is 33.6 Å². The summed E-state index contributed by atoms with van der Waals surface area (Å²) in [6.45, 7) is 2.15. The number of non-ortho nitro benzene ring substituents is 1. The number of benzene rings is 3. The molecule has 196 valence electrons. The summed E-state index contributed by atoms with van der Waals surface area (Å²) in [5, 5.41) is 11.0. The zero-order valence-corrected chi connectivity index (χ0v) is 20.7. The summed E-state index contributed by atoms with van der Waals surface area (Å²) in [5.74, 6) is -0.821. The Morgan fingerprint density at radius 3 is 2.18 bits per heavy atom. The zero-order chi connectivity index (χ0) is 26.8. The molecule has 0 bridgehead atoms. The Kier molecular flexibility index (Phi) is 7.18. The molecule has 3 aromatic rings. The summed E-state index contributed by atoms with van der Waals surface area (Å²) in [6, 6.07) is 17.0. The van der Waals surface area contributed by atoms with Crippen LogP contribution in [0.1, 0.15) is 33.5 Å². The van der Waals surface area contributed by atoms with Gasteiger partial charge >= 0.3 is 0 Å². The number of fused-ring (bicyclic) bond motifs is 1. The monoisotopic (exact) mass is 519 g/mol. The lowest BCUT2D eigenvalue weighted by molar-refractivity contribution is -0.385. The fourth-order valence-corrected chi connectivity index (χ4v) is 5.43. The van der Waals surface area contributed by atoms with Gasteiger partial charge in [0.05, 0.1) is 11.3 Å². The van der Waals surface area contributed by atoms with E-state index >= 15 is 0 Å². The van der Waals surface area contributed by atoms with Crippen LogP contribution in [-0.2, 0) is 17.6 Å². The van der Waals surface area contributed by atoms with Gasteiger partial charge in [0, 0.05) is 49.4 Å². The average molecular weight is 520 g/mol. The molecule has 2 heterocycles. The number of likely N-dealkylation sites (tertiary alicyclic amines) is 2. The van der Waals surface area contributed by atoms with Gasteiger partial charge in [-0.05, 0) is 66.1 Å². The maximum Gasteiger partial charge on any atom is 0.269 e. The van der Waals surface area contributed by atoms with E-state index in [0.29, 0.717) is 38.2 Å². The van der Waals surface area contributed by atoms with Gasteiger partial charge in [-0.1, -0.05) is 24.3 Å². The van der Waals surface area contributed by atoms with Crippen molar-refractivity contribution < 1.29 is 23.3 Å². The summed E-state index contributed by atoms with van der Waals surface area (Å²) in [6.07, 6.45) is 1.15. The molecule has 2 atom stereocenters. The van der Waals surface area contributed by atoms with Crippen molar-refractivity contribution in [2.45, 2.75) is 19.3 Å². The molecule has 0 aliphatic carbocycles. The first kappa shape index (κ1) is 25.5. The molecule has 0 spiro atoms. The second-order valence-corrected chi connectivity index (χ2v) is 10.1. The highest BCUT2D eigenvalue weighted by Gasteiger charge is 2.40. The van der Waals surface area contributed by atoms with Crippen LogP contribution < -0.4 is 0 Å². The molecule has 2 aliphatic rings. The smallest absolute Gasteiger partial charge is 0.269 e. The third-order valence-corrected chi connectivity index (χ3v) is 7.55. The third kappa shape index (κ3) is 5.56. The molecule has 38 heavy (non-hydrogen) atoms. The second kappa shape index (κ2) is 10.7. The number of carbonyl (C=O) groups is 2. The number of rotatable bonds is 6. The maximum atomic E-state index is 14.2. The van der Waals surface area contributed by atoms with Gasteiger partial charge in [0.2, 0.25) is 5.91 Å². The molecular formula is C29H27F2N3O4.